The zero-order valence-corrected chi connectivity index (χ0v) is 16.7. The molecule has 1 aromatic heterocycles. The van der Waals surface area contributed by atoms with Gasteiger partial charge in [-0.05, 0) is 60.4 Å². The van der Waals surface area contributed by atoms with E-state index in [1.54, 1.807) is 30.3 Å². The van der Waals surface area contributed by atoms with Gasteiger partial charge in [-0.2, -0.15) is 10.1 Å². The van der Waals surface area contributed by atoms with Gasteiger partial charge in [0.25, 0.3) is 11.8 Å². The van der Waals surface area contributed by atoms with E-state index in [0.717, 1.165) is 11.4 Å². The van der Waals surface area contributed by atoms with Crippen molar-refractivity contribution < 1.29 is 14.0 Å². The van der Waals surface area contributed by atoms with Gasteiger partial charge in [-0.1, -0.05) is 35.4 Å². The molecule has 5 aliphatic rings. The van der Waals surface area contributed by atoms with Crippen LogP contribution in [0.2, 0.25) is 10.0 Å². The largest absolute Gasteiger partial charge is 0.455 e. The fourth-order valence-corrected chi connectivity index (χ4v) is 5.93. The quantitative estimate of drug-likeness (QED) is 0.407. The normalized spacial score (nSPS) is 34.2. The van der Waals surface area contributed by atoms with Crippen LogP contribution in [0.3, 0.4) is 0 Å². The van der Waals surface area contributed by atoms with Gasteiger partial charge in [0.1, 0.15) is 11.5 Å². The molecule has 7 heteroatoms. The summed E-state index contributed by atoms with van der Waals surface area (Å²) in [6.07, 6.45) is 6.85. The average Bonchev–Trinajstić information content (AvgIpc) is 3.34. The van der Waals surface area contributed by atoms with Crippen molar-refractivity contribution in [3.05, 3.63) is 58.3 Å². The smallest absolute Gasteiger partial charge is 0.254 e. The number of halogens is 2. The first-order chi connectivity index (χ1) is 14.0. The van der Waals surface area contributed by atoms with Gasteiger partial charge in [0.2, 0.25) is 0 Å². The monoisotopic (exact) mass is 426 g/mol. The van der Waals surface area contributed by atoms with Gasteiger partial charge in [-0.3, -0.25) is 9.59 Å². The molecule has 3 fully saturated rings. The molecule has 1 saturated heterocycles. The number of amides is 2. The maximum atomic E-state index is 12.9. The molecular weight excluding hydrogens is 411 g/mol. The number of nitrogens with zero attached hydrogens (tertiary/aromatic N) is 2. The summed E-state index contributed by atoms with van der Waals surface area (Å²) in [6.45, 7) is 0. The lowest BCUT2D eigenvalue weighted by molar-refractivity contribution is -0.140. The van der Waals surface area contributed by atoms with E-state index in [1.807, 2.05) is 0 Å². The van der Waals surface area contributed by atoms with Crippen molar-refractivity contribution in [2.24, 2.45) is 40.6 Å². The minimum atomic E-state index is -0.251. The summed E-state index contributed by atoms with van der Waals surface area (Å²) >= 11 is 12.2. The minimum absolute atomic E-state index is 0.187. The summed E-state index contributed by atoms with van der Waals surface area (Å²) in [5, 5.41) is 6.26. The second-order valence-electron chi connectivity index (χ2n) is 8.21. The molecule has 5 nitrogen and oxygen atoms in total. The summed E-state index contributed by atoms with van der Waals surface area (Å²) in [7, 11) is 0. The first-order valence-electron chi connectivity index (χ1n) is 9.68. The number of benzene rings is 1. The zero-order chi connectivity index (χ0) is 19.9. The molecule has 2 aromatic rings. The standard InChI is InChI=1S/C22H16Cl2N2O3/c23-10-1-3-14(17(24)7-10)18-6-2-11(29-18)9-25-26-21(27)19-12-4-5-13(16-8-15(12)16)20(19)22(26)28/h1-7,9,12-13,15-16,19-20H,8H2/b25-9-/t12-,13-,15-,16+,19+,20+/m1/s1. The summed E-state index contributed by atoms with van der Waals surface area (Å²) < 4.78 is 5.78. The van der Waals surface area contributed by atoms with Crippen LogP contribution in [0, 0.1) is 35.5 Å². The molecule has 7 rings (SSSR count). The number of allylic oxidation sites excluding steroid dienone is 2. The fourth-order valence-electron chi connectivity index (χ4n) is 5.43. The topological polar surface area (TPSA) is 62.9 Å². The number of carbonyl (C=O) groups excluding carboxylic acids is 2. The molecule has 0 unspecified atom stereocenters. The molecule has 2 heterocycles. The lowest BCUT2D eigenvalue weighted by atomic mass is 9.63. The summed E-state index contributed by atoms with van der Waals surface area (Å²) in [4.78, 5) is 25.9. The third-order valence-electron chi connectivity index (χ3n) is 6.76. The van der Waals surface area contributed by atoms with Crippen LogP contribution in [-0.4, -0.2) is 23.0 Å². The third kappa shape index (κ3) is 2.50. The molecule has 146 valence electrons. The predicted octanol–water partition coefficient (Wildman–Crippen LogP) is 4.64. The third-order valence-corrected chi connectivity index (χ3v) is 7.31. The Labute approximate surface area is 177 Å². The second kappa shape index (κ2) is 6.07. The number of hydrogen-bond donors (Lipinski definition) is 0. The number of rotatable bonds is 3. The molecule has 2 saturated carbocycles. The highest BCUT2D eigenvalue weighted by atomic mass is 35.5. The Morgan fingerprint density at radius 1 is 1.00 bits per heavy atom. The van der Waals surface area contributed by atoms with E-state index >= 15 is 0 Å². The lowest BCUT2D eigenvalue weighted by Gasteiger charge is -2.37. The van der Waals surface area contributed by atoms with E-state index in [2.05, 4.69) is 17.3 Å². The molecule has 2 bridgehead atoms. The molecular formula is C22H16Cl2N2O3. The predicted molar refractivity (Wildman–Crippen MR) is 108 cm³/mol. The van der Waals surface area contributed by atoms with E-state index in [-0.39, 0.29) is 35.5 Å². The van der Waals surface area contributed by atoms with Gasteiger partial charge in [-0.25, -0.2) is 0 Å². The summed E-state index contributed by atoms with van der Waals surface area (Å²) in [6, 6.07) is 8.64. The SMILES string of the molecule is O=C1[C@H]2[C@@H]3C=C[C@H]([C@@H]4C[C@H]34)[C@@H]2C(=O)N1/N=C\c1ccc(-c2ccc(Cl)cc2Cl)o1. The maximum Gasteiger partial charge on any atom is 0.254 e. The van der Waals surface area contributed by atoms with Crippen LogP contribution in [0.15, 0.2) is 52.0 Å². The number of carbonyl (C=O) groups is 2. The van der Waals surface area contributed by atoms with Crippen molar-refractivity contribution >= 4 is 41.2 Å². The maximum absolute atomic E-state index is 12.9. The van der Waals surface area contributed by atoms with Gasteiger partial charge in [-0.15, -0.1) is 0 Å². The summed E-state index contributed by atoms with van der Waals surface area (Å²) in [5.74, 6) is 1.64. The van der Waals surface area contributed by atoms with E-state index in [4.69, 9.17) is 27.6 Å². The number of furan rings is 1. The molecule has 2 amide bonds. The van der Waals surface area contributed by atoms with Crippen molar-refractivity contribution in [3.8, 4) is 11.3 Å². The Hall–Kier alpha value is -2.37. The summed E-state index contributed by atoms with van der Waals surface area (Å²) in [5.41, 5.74) is 0.705. The molecule has 6 atom stereocenters. The first kappa shape index (κ1) is 17.5. The Bertz CT molecular complexity index is 1090. The van der Waals surface area contributed by atoms with E-state index in [0.29, 0.717) is 39.0 Å². The minimum Gasteiger partial charge on any atom is -0.455 e. The highest BCUT2D eigenvalue weighted by Crippen LogP contribution is 2.65. The molecule has 4 aliphatic carbocycles. The van der Waals surface area contributed by atoms with Crippen molar-refractivity contribution in [1.29, 1.82) is 0 Å². The van der Waals surface area contributed by atoms with Crippen LogP contribution in [0.25, 0.3) is 11.3 Å². The number of imide groups is 1. The van der Waals surface area contributed by atoms with Gasteiger partial charge >= 0.3 is 0 Å². The number of hydrazone groups is 1. The molecule has 1 aromatic carbocycles. The van der Waals surface area contributed by atoms with Crippen LogP contribution in [0.4, 0.5) is 0 Å². The molecule has 29 heavy (non-hydrogen) atoms. The molecule has 0 N–H and O–H groups in total. The molecule has 1 aliphatic heterocycles. The Kier molecular flexibility index (Phi) is 3.66. The van der Waals surface area contributed by atoms with E-state index < -0.39 is 0 Å². The number of hydrogen-bond acceptors (Lipinski definition) is 4. The molecule has 0 radical (unpaired) electrons. The van der Waals surface area contributed by atoms with Crippen molar-refractivity contribution in [2.45, 2.75) is 6.42 Å². The Morgan fingerprint density at radius 2 is 1.69 bits per heavy atom. The van der Waals surface area contributed by atoms with Gasteiger partial charge in [0.15, 0.2) is 0 Å². The highest BCUT2D eigenvalue weighted by molar-refractivity contribution is 6.36. The van der Waals surface area contributed by atoms with E-state index in [9.17, 15) is 9.59 Å². The van der Waals surface area contributed by atoms with Crippen molar-refractivity contribution in [1.82, 2.24) is 5.01 Å². The van der Waals surface area contributed by atoms with Gasteiger partial charge in [0, 0.05) is 10.6 Å². The average molecular weight is 427 g/mol. The van der Waals surface area contributed by atoms with Gasteiger partial charge in [0.05, 0.1) is 23.1 Å². The van der Waals surface area contributed by atoms with Crippen LogP contribution >= 0.6 is 23.2 Å². The second-order valence-corrected chi connectivity index (χ2v) is 9.06. The van der Waals surface area contributed by atoms with Crippen LogP contribution in [0.1, 0.15) is 12.2 Å². The molecule has 0 spiro atoms. The lowest BCUT2D eigenvalue weighted by Crippen LogP contribution is -2.40. The first-order valence-corrected chi connectivity index (χ1v) is 10.4. The van der Waals surface area contributed by atoms with Crippen molar-refractivity contribution in [3.63, 3.8) is 0 Å². The van der Waals surface area contributed by atoms with Gasteiger partial charge < -0.3 is 4.42 Å². The van der Waals surface area contributed by atoms with E-state index in [1.165, 1.54) is 6.21 Å². The van der Waals surface area contributed by atoms with Crippen LogP contribution in [0.5, 0.6) is 0 Å². The van der Waals surface area contributed by atoms with Crippen molar-refractivity contribution in [2.75, 3.05) is 0 Å². The van der Waals surface area contributed by atoms with Crippen LogP contribution in [-0.2, 0) is 9.59 Å². The highest BCUT2D eigenvalue weighted by Gasteiger charge is 2.67. The van der Waals surface area contributed by atoms with Crippen LogP contribution < -0.4 is 0 Å². The Morgan fingerprint density at radius 3 is 2.34 bits per heavy atom. The Balaban J connectivity index is 1.25. The fraction of sp³-hybridized carbons (Fsp3) is 0.318. The zero-order valence-electron chi connectivity index (χ0n) is 15.2.